The molecule has 0 radical (unpaired) electrons. The molecule has 0 spiro atoms. The average Bonchev–Trinajstić information content (AvgIpc) is 3.18. The summed E-state index contributed by atoms with van der Waals surface area (Å²) in [5.74, 6) is 0.801. The van der Waals surface area contributed by atoms with Crippen molar-refractivity contribution in [1.82, 2.24) is 15.0 Å². The molecule has 0 saturated heterocycles. The first kappa shape index (κ1) is 25.7. The molecule has 0 bridgehead atoms. The minimum absolute atomic E-state index is 0.136. The van der Waals surface area contributed by atoms with Crippen LogP contribution in [0.5, 0.6) is 5.88 Å². The molecule has 0 aliphatic carbocycles. The molecule has 1 aliphatic rings. The summed E-state index contributed by atoms with van der Waals surface area (Å²) < 4.78 is 37.3. The Balaban J connectivity index is 1.53. The number of fused-ring (bicyclic) bond motifs is 1. The Morgan fingerprint density at radius 1 is 1.20 bits per heavy atom. The number of sulfone groups is 1. The van der Waals surface area contributed by atoms with E-state index in [2.05, 4.69) is 22.0 Å². The lowest BCUT2D eigenvalue weighted by Gasteiger charge is -2.34. The first-order valence-corrected chi connectivity index (χ1v) is 13.8. The van der Waals surface area contributed by atoms with Crippen molar-refractivity contribution in [1.29, 1.82) is 0 Å². The van der Waals surface area contributed by atoms with Crippen molar-refractivity contribution in [3.05, 3.63) is 69.7 Å². The highest BCUT2D eigenvalue weighted by Crippen LogP contribution is 2.34. The van der Waals surface area contributed by atoms with E-state index in [0.717, 1.165) is 24.1 Å². The molecular formula is C26H32ClN3O4S. The molecule has 0 fully saturated rings. The van der Waals surface area contributed by atoms with Crippen molar-refractivity contribution < 1.29 is 17.7 Å². The van der Waals surface area contributed by atoms with E-state index in [-0.39, 0.29) is 32.8 Å². The van der Waals surface area contributed by atoms with Crippen molar-refractivity contribution in [2.24, 2.45) is 0 Å². The van der Waals surface area contributed by atoms with Gasteiger partial charge in [-0.2, -0.15) is 0 Å². The zero-order valence-electron chi connectivity index (χ0n) is 20.8. The number of benzene rings is 1. The maximum absolute atomic E-state index is 13.2. The fourth-order valence-electron chi connectivity index (χ4n) is 4.29. The topological polar surface area (TPSA) is 85.5 Å². The summed E-state index contributed by atoms with van der Waals surface area (Å²) in [6.07, 6.45) is 2.70. The van der Waals surface area contributed by atoms with Crippen molar-refractivity contribution >= 4 is 21.4 Å². The highest BCUT2D eigenvalue weighted by molar-refractivity contribution is 7.90. The second kappa shape index (κ2) is 9.91. The van der Waals surface area contributed by atoms with Gasteiger partial charge in [0.05, 0.1) is 11.5 Å². The van der Waals surface area contributed by atoms with Gasteiger partial charge in [0.15, 0.2) is 15.6 Å². The van der Waals surface area contributed by atoms with Crippen LogP contribution in [0.1, 0.15) is 68.8 Å². The fourth-order valence-corrected chi connectivity index (χ4v) is 6.11. The summed E-state index contributed by atoms with van der Waals surface area (Å²) in [7, 11) is -3.65. The van der Waals surface area contributed by atoms with Crippen LogP contribution in [0.25, 0.3) is 0 Å². The molecule has 0 amide bonds. The zero-order valence-corrected chi connectivity index (χ0v) is 22.4. The maximum atomic E-state index is 13.2. The Bertz CT molecular complexity index is 1300. The number of hydrogen-bond donors (Lipinski definition) is 0. The molecule has 1 aliphatic heterocycles. The molecule has 0 unspecified atom stereocenters. The van der Waals surface area contributed by atoms with Gasteiger partial charge in [0.1, 0.15) is 16.5 Å². The molecule has 188 valence electrons. The minimum atomic E-state index is -3.65. The van der Waals surface area contributed by atoms with Crippen LogP contribution in [0.3, 0.4) is 0 Å². The lowest BCUT2D eigenvalue weighted by Crippen LogP contribution is -2.33. The Labute approximate surface area is 212 Å². The SMILES string of the molecule is CCOc1ccc([C@@H](C)N2CCc3ccc(S(=O)(=O)Cc4noc(C(C)(C)C)c4Cl)cc3C2)cn1. The van der Waals surface area contributed by atoms with E-state index in [4.69, 9.17) is 20.9 Å². The van der Waals surface area contributed by atoms with Gasteiger partial charge in [-0.1, -0.05) is 49.7 Å². The first-order valence-electron chi connectivity index (χ1n) is 11.8. The van der Waals surface area contributed by atoms with Gasteiger partial charge < -0.3 is 9.26 Å². The molecule has 1 aromatic carbocycles. The average molecular weight is 518 g/mol. The van der Waals surface area contributed by atoms with Gasteiger partial charge in [0, 0.05) is 36.8 Å². The molecule has 3 aromatic rings. The molecule has 0 N–H and O–H groups in total. The van der Waals surface area contributed by atoms with Crippen LogP contribution < -0.4 is 4.74 Å². The quantitative estimate of drug-likeness (QED) is 0.408. The molecular weight excluding hydrogens is 486 g/mol. The predicted octanol–water partition coefficient (Wildman–Crippen LogP) is 5.51. The number of nitrogens with zero attached hydrogens (tertiary/aromatic N) is 3. The van der Waals surface area contributed by atoms with E-state index < -0.39 is 9.84 Å². The van der Waals surface area contributed by atoms with Crippen LogP contribution in [0.15, 0.2) is 45.9 Å². The lowest BCUT2D eigenvalue weighted by atomic mass is 9.93. The molecule has 1 atom stereocenters. The van der Waals surface area contributed by atoms with E-state index in [0.29, 0.717) is 24.8 Å². The molecule has 3 heterocycles. The van der Waals surface area contributed by atoms with Gasteiger partial charge in [0.2, 0.25) is 5.88 Å². The lowest BCUT2D eigenvalue weighted by molar-refractivity contribution is 0.191. The third kappa shape index (κ3) is 5.55. The van der Waals surface area contributed by atoms with Crippen LogP contribution in [0.2, 0.25) is 5.02 Å². The normalized spacial score (nSPS) is 15.6. The summed E-state index contributed by atoms with van der Waals surface area (Å²) in [6, 6.07) is 9.45. The summed E-state index contributed by atoms with van der Waals surface area (Å²) in [5, 5.41) is 4.24. The second-order valence-electron chi connectivity index (χ2n) is 9.97. The van der Waals surface area contributed by atoms with E-state index >= 15 is 0 Å². The van der Waals surface area contributed by atoms with Crippen LogP contribution in [-0.4, -0.2) is 36.6 Å². The number of ether oxygens (including phenoxy) is 1. The molecule has 9 heteroatoms. The summed E-state index contributed by atoms with van der Waals surface area (Å²) in [5.41, 5.74) is 3.16. The number of halogens is 1. The highest BCUT2D eigenvalue weighted by Gasteiger charge is 2.29. The van der Waals surface area contributed by atoms with E-state index in [1.165, 1.54) is 5.56 Å². The van der Waals surface area contributed by atoms with Gasteiger partial charge in [-0.05, 0) is 49.1 Å². The Morgan fingerprint density at radius 2 is 1.97 bits per heavy atom. The van der Waals surface area contributed by atoms with Crippen molar-refractivity contribution in [3.8, 4) is 5.88 Å². The third-order valence-corrected chi connectivity index (χ3v) is 8.38. The predicted molar refractivity (Wildman–Crippen MR) is 135 cm³/mol. The molecule has 4 rings (SSSR count). The van der Waals surface area contributed by atoms with E-state index in [1.807, 2.05) is 52.1 Å². The van der Waals surface area contributed by atoms with Gasteiger partial charge in [0.25, 0.3) is 0 Å². The van der Waals surface area contributed by atoms with Crippen molar-refractivity contribution in [3.63, 3.8) is 0 Å². The summed E-state index contributed by atoms with van der Waals surface area (Å²) >= 11 is 6.42. The van der Waals surface area contributed by atoms with Crippen LogP contribution in [-0.2, 0) is 34.0 Å². The minimum Gasteiger partial charge on any atom is -0.478 e. The number of aromatic nitrogens is 2. The number of pyridine rings is 1. The number of hydrogen-bond acceptors (Lipinski definition) is 7. The van der Waals surface area contributed by atoms with Crippen molar-refractivity contribution in [2.45, 2.75) is 69.7 Å². The smallest absolute Gasteiger partial charge is 0.213 e. The zero-order chi connectivity index (χ0) is 25.4. The van der Waals surface area contributed by atoms with Gasteiger partial charge >= 0.3 is 0 Å². The molecule has 0 saturated carbocycles. The van der Waals surface area contributed by atoms with Crippen LogP contribution in [0, 0.1) is 0 Å². The standard InChI is InChI=1S/C26H32ClN3O4S/c1-6-33-23-10-8-19(14-28-23)17(2)30-12-11-18-7-9-21(13-20(18)15-30)35(31,32)16-22-24(27)25(34-29-22)26(3,4)5/h7-10,13-14,17H,6,11-12,15-16H2,1-5H3/t17-/m1/s1. The molecule has 7 nitrogen and oxygen atoms in total. The van der Waals surface area contributed by atoms with Crippen LogP contribution >= 0.6 is 11.6 Å². The maximum Gasteiger partial charge on any atom is 0.213 e. The van der Waals surface area contributed by atoms with Crippen LogP contribution in [0.4, 0.5) is 0 Å². The fraction of sp³-hybridized carbons (Fsp3) is 0.462. The Morgan fingerprint density at radius 3 is 2.60 bits per heavy atom. The Hall–Kier alpha value is -2.42. The first-order chi connectivity index (χ1) is 16.5. The largest absolute Gasteiger partial charge is 0.478 e. The van der Waals surface area contributed by atoms with E-state index in [9.17, 15) is 8.42 Å². The van der Waals surface area contributed by atoms with Gasteiger partial charge in [-0.25, -0.2) is 13.4 Å². The number of rotatable bonds is 7. The molecule has 35 heavy (non-hydrogen) atoms. The Kier molecular flexibility index (Phi) is 7.27. The highest BCUT2D eigenvalue weighted by atomic mass is 35.5. The second-order valence-corrected chi connectivity index (χ2v) is 12.3. The van der Waals surface area contributed by atoms with Gasteiger partial charge in [-0.3, -0.25) is 4.90 Å². The monoisotopic (exact) mass is 517 g/mol. The van der Waals surface area contributed by atoms with E-state index in [1.54, 1.807) is 12.1 Å². The third-order valence-electron chi connectivity index (χ3n) is 6.37. The van der Waals surface area contributed by atoms with Gasteiger partial charge in [-0.15, -0.1) is 0 Å². The van der Waals surface area contributed by atoms with Crippen molar-refractivity contribution in [2.75, 3.05) is 13.2 Å². The summed E-state index contributed by atoms with van der Waals surface area (Å²) in [6.45, 7) is 12.0. The summed E-state index contributed by atoms with van der Waals surface area (Å²) in [4.78, 5) is 6.99. The molecule has 2 aromatic heterocycles.